The number of rotatable bonds is 6. The number of carbonyl (C=O) groups excluding carboxylic acids is 2. The molecule has 2 heterocycles. The number of nitroso groups, excluding NO2 is 1. The summed E-state index contributed by atoms with van der Waals surface area (Å²) in [6.45, 7) is 3.29. The van der Waals surface area contributed by atoms with E-state index in [4.69, 9.17) is 15.2 Å². The Morgan fingerprint density at radius 1 is 1.29 bits per heavy atom. The van der Waals surface area contributed by atoms with Crippen LogP contribution in [0, 0.1) is 22.5 Å². The van der Waals surface area contributed by atoms with Gasteiger partial charge < -0.3 is 20.5 Å². The summed E-state index contributed by atoms with van der Waals surface area (Å²) in [5.74, 6) is -8.24. The number of nitrogens with one attached hydrogen (secondary N) is 1. The Morgan fingerprint density at radius 3 is 2.51 bits per heavy atom. The van der Waals surface area contributed by atoms with Crippen LogP contribution in [0.25, 0.3) is 0 Å². The van der Waals surface area contributed by atoms with Gasteiger partial charge in [-0.25, -0.2) is 4.39 Å². The van der Waals surface area contributed by atoms with Gasteiger partial charge in [-0.2, -0.15) is 17.6 Å². The van der Waals surface area contributed by atoms with E-state index in [-0.39, 0.29) is 22.6 Å². The minimum Gasteiger partial charge on any atom is -0.490 e. The fourth-order valence-corrected chi connectivity index (χ4v) is 4.17. The molecule has 8 nitrogen and oxygen atoms in total. The molecule has 0 aliphatic carbocycles. The molecular formula is C22H23F5N3O5+. The van der Waals surface area contributed by atoms with Crippen LogP contribution in [0.1, 0.15) is 32.3 Å². The maximum absolute atomic E-state index is 14.6. The Labute approximate surface area is 196 Å². The molecule has 1 aromatic rings. The molecule has 0 radical (unpaired) electrons. The van der Waals surface area contributed by atoms with Crippen LogP contribution in [0.15, 0.2) is 36.2 Å². The van der Waals surface area contributed by atoms with Crippen molar-refractivity contribution in [3.8, 4) is 5.75 Å². The lowest BCUT2D eigenvalue weighted by Gasteiger charge is -2.32. The first-order chi connectivity index (χ1) is 16.2. The first-order valence-electron chi connectivity index (χ1n) is 10.5. The van der Waals surface area contributed by atoms with Gasteiger partial charge in [-0.3, -0.25) is 9.59 Å². The lowest BCUT2D eigenvalue weighted by Crippen LogP contribution is -2.47. The molecule has 2 amide bonds. The number of primary amides is 1. The first-order valence-corrected chi connectivity index (χ1v) is 10.5. The highest BCUT2D eigenvalue weighted by molar-refractivity contribution is 5.86. The number of benzene rings is 1. The van der Waals surface area contributed by atoms with Crippen molar-refractivity contribution in [2.45, 2.75) is 50.6 Å². The quantitative estimate of drug-likeness (QED) is 0.457. The number of amides is 2. The van der Waals surface area contributed by atoms with Crippen molar-refractivity contribution >= 4 is 11.8 Å². The lowest BCUT2D eigenvalue weighted by atomic mass is 9.77. The number of hydrogen-bond acceptors (Lipinski definition) is 5. The van der Waals surface area contributed by atoms with E-state index in [0.29, 0.717) is 0 Å². The normalized spacial score (nSPS) is 28.6. The van der Waals surface area contributed by atoms with Crippen molar-refractivity contribution in [2.24, 2.45) is 11.7 Å². The van der Waals surface area contributed by atoms with Crippen molar-refractivity contribution < 1.29 is 45.8 Å². The van der Waals surface area contributed by atoms with Gasteiger partial charge in [-0.05, 0) is 19.9 Å². The van der Waals surface area contributed by atoms with Crippen LogP contribution < -0.4 is 15.8 Å². The highest BCUT2D eigenvalue weighted by Gasteiger charge is 2.66. The fourth-order valence-electron chi connectivity index (χ4n) is 4.17. The Bertz CT molecular complexity index is 1120. The molecular weight excluding hydrogens is 481 g/mol. The molecule has 1 unspecified atom stereocenters. The smallest absolute Gasteiger partial charge is 0.417 e. The predicted octanol–water partition coefficient (Wildman–Crippen LogP) is 2.96. The van der Waals surface area contributed by atoms with Gasteiger partial charge in [0, 0.05) is 39.2 Å². The third-order valence-electron chi connectivity index (χ3n) is 6.23. The van der Waals surface area contributed by atoms with Crippen molar-refractivity contribution in [3.63, 3.8) is 0 Å². The van der Waals surface area contributed by atoms with E-state index in [0.717, 1.165) is 37.4 Å². The number of carbonyl (C=O) groups is 2. The fraction of sp³-hybridized carbons (Fsp3) is 0.455. The second-order valence-electron chi connectivity index (χ2n) is 8.30. The minimum atomic E-state index is -4.92. The van der Waals surface area contributed by atoms with Gasteiger partial charge in [0.15, 0.2) is 17.2 Å². The molecule has 3 rings (SSSR count). The summed E-state index contributed by atoms with van der Waals surface area (Å²) in [4.78, 5) is 36.3. The Balaban J connectivity index is 2.06. The molecule has 2 aliphatic rings. The van der Waals surface area contributed by atoms with Crippen molar-refractivity contribution in [3.05, 3.63) is 58.3 Å². The maximum Gasteiger partial charge on any atom is 0.417 e. The summed E-state index contributed by atoms with van der Waals surface area (Å²) in [5.41, 5.74) is 2.05. The Hall–Kier alpha value is -3.35. The van der Waals surface area contributed by atoms with Crippen LogP contribution in [-0.2, 0) is 14.3 Å². The van der Waals surface area contributed by atoms with Crippen LogP contribution in [-0.4, -0.2) is 47.1 Å². The largest absolute Gasteiger partial charge is 0.490 e. The van der Waals surface area contributed by atoms with Crippen LogP contribution in [0.3, 0.4) is 0 Å². The van der Waals surface area contributed by atoms with Gasteiger partial charge in [-0.15, -0.1) is 0 Å². The van der Waals surface area contributed by atoms with Crippen LogP contribution in [0.4, 0.5) is 22.0 Å². The van der Waals surface area contributed by atoms with E-state index in [1.807, 2.05) is 0 Å². The average Bonchev–Trinajstić information content (AvgIpc) is 3.05. The third-order valence-corrected chi connectivity index (χ3v) is 6.23. The zero-order valence-corrected chi connectivity index (χ0v) is 18.9. The monoisotopic (exact) mass is 504 g/mol. The molecule has 0 bridgehead atoms. The molecule has 13 heteroatoms. The van der Waals surface area contributed by atoms with Gasteiger partial charge in [0.1, 0.15) is 6.10 Å². The van der Waals surface area contributed by atoms with Crippen LogP contribution >= 0.6 is 0 Å². The molecule has 0 aromatic heterocycles. The SMILES string of the molecule is CCOc1c([C@@H]2C(C(=O)NC3=C[C@H](C(N)=O)[N+](=O)C=C3)O[C@](C)(C(F)(F)F)[C@@H]2C)ccc(F)c1F. The second kappa shape index (κ2) is 9.36. The molecule has 5 atom stereocenters. The molecule has 35 heavy (non-hydrogen) atoms. The van der Waals surface area contributed by atoms with Gasteiger partial charge >= 0.3 is 12.2 Å². The summed E-state index contributed by atoms with van der Waals surface area (Å²) in [6, 6.07) is 0.324. The topological polar surface area (TPSA) is 111 Å². The molecule has 1 saturated heterocycles. The number of hydrogen-bond donors (Lipinski definition) is 2. The minimum absolute atomic E-state index is 0.0863. The molecule has 0 saturated carbocycles. The summed E-state index contributed by atoms with van der Waals surface area (Å²) in [5, 5.41) is 2.31. The van der Waals surface area contributed by atoms with Gasteiger partial charge in [0.2, 0.25) is 12.0 Å². The number of nitrogens with two attached hydrogens (primary N) is 1. The Morgan fingerprint density at radius 2 is 1.94 bits per heavy atom. The molecule has 2 aliphatic heterocycles. The molecule has 0 spiro atoms. The van der Waals surface area contributed by atoms with Gasteiger partial charge in [-0.1, -0.05) is 13.0 Å². The first kappa shape index (κ1) is 26.3. The van der Waals surface area contributed by atoms with E-state index in [9.17, 15) is 36.4 Å². The summed E-state index contributed by atoms with van der Waals surface area (Å²) < 4.78 is 81.2. The molecule has 190 valence electrons. The third kappa shape index (κ3) is 4.64. The average molecular weight is 504 g/mol. The van der Waals surface area contributed by atoms with E-state index in [1.54, 1.807) is 0 Å². The maximum atomic E-state index is 14.6. The highest BCUT2D eigenvalue weighted by atomic mass is 19.4. The second-order valence-corrected chi connectivity index (χ2v) is 8.30. The lowest BCUT2D eigenvalue weighted by molar-refractivity contribution is -0.495. The zero-order valence-electron chi connectivity index (χ0n) is 18.9. The number of halogens is 5. The highest BCUT2D eigenvalue weighted by Crippen LogP contribution is 2.54. The van der Waals surface area contributed by atoms with Crippen LogP contribution in [0.5, 0.6) is 5.75 Å². The van der Waals surface area contributed by atoms with E-state index in [2.05, 4.69) is 5.32 Å². The Kier molecular flexibility index (Phi) is 7.02. The van der Waals surface area contributed by atoms with Gasteiger partial charge in [0.05, 0.1) is 12.3 Å². The van der Waals surface area contributed by atoms with Crippen molar-refractivity contribution in [1.82, 2.24) is 5.32 Å². The number of nitrogens with zero attached hydrogens (tertiary/aromatic N) is 1. The number of ether oxygens (including phenoxy) is 2. The number of alkyl halides is 3. The summed E-state index contributed by atoms with van der Waals surface area (Å²) in [6.07, 6.45) is -3.71. The van der Waals surface area contributed by atoms with E-state index >= 15 is 0 Å². The van der Waals surface area contributed by atoms with Crippen LogP contribution in [0.2, 0.25) is 0 Å². The molecule has 1 aromatic carbocycles. The van der Waals surface area contributed by atoms with E-state index in [1.165, 1.54) is 13.8 Å². The summed E-state index contributed by atoms with van der Waals surface area (Å²) in [7, 11) is 0. The predicted molar refractivity (Wildman–Crippen MR) is 111 cm³/mol. The van der Waals surface area contributed by atoms with Gasteiger partial charge in [0.25, 0.3) is 11.8 Å². The molecule has 3 N–H and O–H groups in total. The van der Waals surface area contributed by atoms with E-state index < -0.39 is 65.0 Å². The molecule has 1 fully saturated rings. The summed E-state index contributed by atoms with van der Waals surface area (Å²) >= 11 is 0. The standard InChI is InChI=1S/C22H22F5N3O5/c1-4-34-17-12(5-6-13(23)16(17)24)15-10(2)21(3,22(25,26)27)35-18(15)20(32)29-11-7-8-30(33)14(9-11)19(28)31/h5-10,14-15,18H,4H2,1-3H3,(H2-,28,29,31,32)/p+1/t10-,14-,15-,18?,21+/m1/s1. The van der Waals surface area contributed by atoms with Crippen molar-refractivity contribution in [1.29, 1.82) is 0 Å². The number of allylic oxidation sites excluding steroid dienone is 1. The zero-order chi connectivity index (χ0) is 26.3. The van der Waals surface area contributed by atoms with Crippen molar-refractivity contribution in [2.75, 3.05) is 6.61 Å².